The van der Waals surface area contributed by atoms with Crippen molar-refractivity contribution in [2.75, 3.05) is 141 Å². The predicted octanol–water partition coefficient (Wildman–Crippen LogP) is 9.66. The topological polar surface area (TPSA) is 203 Å². The largest absolute Gasteiger partial charge is 0.494 e. The zero-order valence-electron chi connectivity index (χ0n) is 55.7. The van der Waals surface area contributed by atoms with Gasteiger partial charge in [-0.3, -0.25) is 0 Å². The fourth-order valence-corrected chi connectivity index (χ4v) is 63.4. The monoisotopic (exact) mass is 1410 g/mol. The Morgan fingerprint density at radius 3 is 1.36 bits per heavy atom. The van der Waals surface area contributed by atoms with E-state index in [-0.39, 0.29) is 0 Å². The first kappa shape index (κ1) is 80.3. The van der Waals surface area contributed by atoms with E-state index in [9.17, 15) is 0 Å². The molecule has 7 atom stereocenters. The van der Waals surface area contributed by atoms with E-state index in [1.807, 2.05) is 13.8 Å². The predicted molar refractivity (Wildman–Crippen MR) is 359 cm³/mol. The number of hydrogen-bond donors (Lipinski definition) is 0. The minimum atomic E-state index is -4.32. The summed E-state index contributed by atoms with van der Waals surface area (Å²) in [5.41, 5.74) is 3.15. The first-order valence-corrected chi connectivity index (χ1v) is 49.6. The van der Waals surface area contributed by atoms with Crippen molar-refractivity contribution in [3.63, 3.8) is 0 Å². The summed E-state index contributed by atoms with van der Waals surface area (Å²) in [5, 5.41) is 0. The molecule has 0 aromatic heterocycles. The normalized spacial score (nSPS) is 27.3. The summed E-state index contributed by atoms with van der Waals surface area (Å²) in [4.78, 5) is 0. The Hall–Kier alpha value is -0.128. The van der Waals surface area contributed by atoms with Crippen LogP contribution in [-0.2, 0) is 97.4 Å². The zero-order chi connectivity index (χ0) is 63.8. The fraction of sp³-hybridized carbons (Fsp3) is 0.860. The van der Waals surface area contributed by atoms with Gasteiger partial charge in [-0.05, 0) is 95.3 Å². The lowest BCUT2D eigenvalue weighted by Gasteiger charge is -2.60. The molecular formula is C57H118O22Si9. The molecule has 4 aliphatic rings. The molecule has 0 N–H and O–H groups in total. The van der Waals surface area contributed by atoms with Crippen molar-refractivity contribution in [1.82, 2.24) is 0 Å². The molecule has 0 aliphatic carbocycles. The fourth-order valence-electron chi connectivity index (χ4n) is 10.7. The maximum Gasteiger partial charge on any atom is 0.478 e. The molecule has 4 rings (SSSR count). The minimum Gasteiger partial charge on any atom is -0.494 e. The summed E-state index contributed by atoms with van der Waals surface area (Å²) in [6.45, 7) is 30.0. The molecule has 0 amide bonds. The Morgan fingerprint density at radius 1 is 0.398 bits per heavy atom. The molecule has 22 nitrogen and oxygen atoms in total. The third kappa shape index (κ3) is 30.3. The van der Waals surface area contributed by atoms with E-state index in [1.54, 1.807) is 35.5 Å². The zero-order valence-corrected chi connectivity index (χ0v) is 65.5. The molecule has 0 aromatic carbocycles. The van der Waals surface area contributed by atoms with Gasteiger partial charge in [0.25, 0.3) is 10.0 Å². The van der Waals surface area contributed by atoms with Crippen molar-refractivity contribution < 1.29 is 97.4 Å². The maximum absolute atomic E-state index is 8.34. The smallest absolute Gasteiger partial charge is 0.478 e. The number of hydrogen-bond acceptors (Lipinski definition) is 22. The number of fused-ring (bicyclic) bond motifs is 4. The third-order valence-corrected chi connectivity index (χ3v) is 55.6. The first-order valence-electron chi connectivity index (χ1n) is 32.8. The molecule has 0 aromatic rings. The SMILES string of the molecule is C=C(C)C(=C)CCCC[Si]12C[Si]3(CCCOCCOC)O[Si](CCCOC(=C)C(=C)C)(O[SiH2]O1)O[Si]1(CCCOCCOC)O[Si](CCCOCCOC)(O[SiH2]CCCOCCOC)O[Si](CCCOCCOC)(O2)O[Si](CCCCCCCCC)(O3)O1. The molecule has 6 bridgehead atoms. The highest BCUT2D eigenvalue weighted by atomic mass is 28.6. The molecule has 31 heteroatoms. The maximum atomic E-state index is 8.34. The first-order chi connectivity index (χ1) is 42.6. The summed E-state index contributed by atoms with van der Waals surface area (Å²) in [6.07, 6.45) is 13.2. The van der Waals surface area contributed by atoms with Gasteiger partial charge in [-0.1, -0.05) is 89.3 Å². The van der Waals surface area contributed by atoms with E-state index in [0.717, 1.165) is 80.6 Å². The minimum absolute atomic E-state index is 0.296. The Bertz CT molecular complexity index is 1840. The van der Waals surface area contributed by atoms with Crippen molar-refractivity contribution in [2.45, 2.75) is 178 Å². The highest BCUT2D eigenvalue weighted by Crippen LogP contribution is 2.52. The van der Waals surface area contributed by atoms with Gasteiger partial charge in [0, 0.05) is 104 Å². The van der Waals surface area contributed by atoms with E-state index in [0.29, 0.717) is 192 Å². The van der Waals surface area contributed by atoms with Crippen LogP contribution in [0.15, 0.2) is 48.8 Å². The van der Waals surface area contributed by atoms with Crippen LogP contribution in [0.2, 0.25) is 54.0 Å². The van der Waals surface area contributed by atoms with Gasteiger partial charge in [0.2, 0.25) is 0 Å². The lowest BCUT2D eigenvalue weighted by Crippen LogP contribution is -2.83. The van der Waals surface area contributed by atoms with E-state index in [1.165, 1.54) is 12.8 Å². The Kier molecular flexibility index (Phi) is 41.4. The van der Waals surface area contributed by atoms with Crippen molar-refractivity contribution in [3.05, 3.63) is 48.8 Å². The van der Waals surface area contributed by atoms with Gasteiger partial charge in [-0.25, -0.2) is 0 Å². The van der Waals surface area contributed by atoms with Gasteiger partial charge in [-0.2, -0.15) is 0 Å². The average molecular weight is 1410 g/mol. The van der Waals surface area contributed by atoms with Crippen LogP contribution in [0.3, 0.4) is 0 Å². The van der Waals surface area contributed by atoms with Crippen LogP contribution in [0.4, 0.5) is 0 Å². The molecule has 0 radical (unpaired) electrons. The molecule has 0 saturated carbocycles. The van der Waals surface area contributed by atoms with Gasteiger partial charge in [0.05, 0.1) is 72.7 Å². The molecule has 88 heavy (non-hydrogen) atoms. The van der Waals surface area contributed by atoms with Crippen LogP contribution < -0.4 is 0 Å². The van der Waals surface area contributed by atoms with Gasteiger partial charge in [0.15, 0.2) is 9.76 Å². The van der Waals surface area contributed by atoms with Crippen LogP contribution in [0.25, 0.3) is 0 Å². The lowest BCUT2D eigenvalue weighted by molar-refractivity contribution is 0.0299. The standard InChI is InChI=1S/C57H118O22Si9/c1-13-14-15-16-17-18-20-48-86-74-83(47-23-30-64-41-36-59-9)53-82(46-21-19-28-56(6)54(2)3)70-81-71-85(73-83,50-27-34-68-57(7)55(4)5)77-88(79-86,52-26-33-67-44-39-62-12)76-84(49-24-31-65-42-37-60-10,69-80-45-22-29-63-40-35-58-8)75-87(72-82,78-86)51-25-32-66-43-38-61-11/h2,4,6-7,13-53,80-81H2,1,3,5,8-12H3. The van der Waals surface area contributed by atoms with E-state index >= 15 is 0 Å². The quantitative estimate of drug-likeness (QED) is 0.0241. The molecule has 4 heterocycles. The van der Waals surface area contributed by atoms with Crippen LogP contribution >= 0.6 is 0 Å². The van der Waals surface area contributed by atoms with Gasteiger partial charge in [-0.15, -0.1) is 0 Å². The molecule has 7 unspecified atom stereocenters. The summed E-state index contributed by atoms with van der Waals surface area (Å²) >= 11 is 0. The lowest BCUT2D eigenvalue weighted by atomic mass is 10.1. The van der Waals surface area contributed by atoms with Gasteiger partial charge >= 0.3 is 61.1 Å². The molecule has 4 fully saturated rings. The number of rotatable bonds is 57. The molecular weight excluding hydrogens is 1290 g/mol. The highest BCUT2D eigenvalue weighted by Gasteiger charge is 2.76. The highest BCUT2D eigenvalue weighted by molar-refractivity contribution is 7.03. The van der Waals surface area contributed by atoms with Crippen molar-refractivity contribution in [1.29, 1.82) is 0 Å². The Labute approximate surface area is 542 Å². The van der Waals surface area contributed by atoms with Crippen molar-refractivity contribution in [3.8, 4) is 0 Å². The number of methoxy groups -OCH3 is 5. The number of ether oxygens (including phenoxy) is 11. The summed E-state index contributed by atoms with van der Waals surface area (Å²) < 4.78 is 153. The van der Waals surface area contributed by atoms with Gasteiger partial charge in [0.1, 0.15) is 5.76 Å². The van der Waals surface area contributed by atoms with Crippen LogP contribution in [0, 0.1) is 0 Å². The van der Waals surface area contributed by atoms with Crippen LogP contribution in [0.1, 0.15) is 124 Å². The average Bonchev–Trinajstić information content (AvgIpc) is 0.738. The third-order valence-electron chi connectivity index (χ3n) is 15.4. The van der Waals surface area contributed by atoms with Crippen molar-refractivity contribution >= 4 is 80.9 Å². The van der Waals surface area contributed by atoms with E-state index in [2.05, 4.69) is 33.2 Å². The van der Waals surface area contributed by atoms with Crippen molar-refractivity contribution in [2.24, 2.45) is 0 Å². The summed E-state index contributed by atoms with van der Waals surface area (Å²) in [7, 11) is -23.4. The molecule has 0 spiro atoms. The van der Waals surface area contributed by atoms with E-state index in [4.69, 9.17) is 97.4 Å². The summed E-state index contributed by atoms with van der Waals surface area (Å²) in [5.74, 6) is 0.512. The molecule has 4 saturated heterocycles. The molecule has 4 aliphatic heterocycles. The van der Waals surface area contributed by atoms with Crippen LogP contribution in [0.5, 0.6) is 0 Å². The number of allylic oxidation sites excluding steroid dienone is 3. The molecule has 514 valence electrons. The van der Waals surface area contributed by atoms with Crippen LogP contribution in [-0.4, -0.2) is 222 Å². The Morgan fingerprint density at radius 2 is 0.818 bits per heavy atom. The second-order valence-corrected chi connectivity index (χ2v) is 50.0. The number of unbranched alkanes of at least 4 members (excludes halogenated alkanes) is 7. The second-order valence-electron chi connectivity index (χ2n) is 23.2. The second kappa shape index (κ2) is 45.3. The summed E-state index contributed by atoms with van der Waals surface area (Å²) in [6, 6.07) is 3.68. The van der Waals surface area contributed by atoms with Gasteiger partial charge < -0.3 is 97.4 Å². The Balaban J connectivity index is 2.13. The van der Waals surface area contributed by atoms with E-state index < -0.39 is 80.9 Å².